The van der Waals surface area contributed by atoms with E-state index in [9.17, 15) is 46.5 Å². The molecule has 2 aromatic rings. The maximum Gasteiger partial charge on any atom is 0.422 e. The molecule has 0 atom stereocenters. The summed E-state index contributed by atoms with van der Waals surface area (Å²) in [6, 6.07) is 6.77. The van der Waals surface area contributed by atoms with E-state index in [2.05, 4.69) is 0 Å². The smallest absolute Gasteiger partial charge is 0.203 e. The molecule has 0 saturated carbocycles. The summed E-state index contributed by atoms with van der Waals surface area (Å²) in [6.45, 7) is 3.18. The second-order valence-corrected chi connectivity index (χ2v) is 6.12. The Morgan fingerprint density at radius 2 is 1.20 bits per heavy atom. The Morgan fingerprint density at radius 1 is 0.767 bits per heavy atom. The molecule has 0 N–H and O–H groups in total. The highest BCUT2D eigenvalue weighted by atomic mass is 19.4. The minimum absolute atomic E-state index is 0.265. The van der Waals surface area contributed by atoms with Crippen LogP contribution < -0.4 is 10.4 Å². The van der Waals surface area contributed by atoms with Gasteiger partial charge in [0.2, 0.25) is 0 Å². The second-order valence-electron chi connectivity index (χ2n) is 6.12. The Morgan fingerprint density at radius 3 is 1.57 bits per heavy atom. The summed E-state index contributed by atoms with van der Waals surface area (Å²) in [5, 5.41) is 27.8. The van der Waals surface area contributed by atoms with Crippen molar-refractivity contribution < 1.29 is 30.7 Å². The quantitative estimate of drug-likeness (QED) is 0.516. The van der Waals surface area contributed by atoms with Crippen LogP contribution in [-0.2, 0) is 6.18 Å². The molecule has 2 rings (SSSR count). The molecule has 152 valence electrons. The lowest BCUT2D eigenvalue weighted by Crippen LogP contribution is -2.23. The summed E-state index contributed by atoms with van der Waals surface area (Å²) in [5.41, 5.74) is -5.90. The highest BCUT2D eigenvalue weighted by molar-refractivity contribution is 5.79. The number of alkyl halides is 3. The third kappa shape index (κ3) is 3.46. The molecule has 0 unspecified atom stereocenters. The molecule has 0 amide bonds. The van der Waals surface area contributed by atoms with Crippen LogP contribution in [-0.4, -0.2) is 0 Å². The van der Waals surface area contributed by atoms with Gasteiger partial charge in [-0.2, -0.15) is 29.0 Å². The normalized spacial score (nSPS) is 11.9. The molecule has 0 aliphatic heterocycles. The standard InChI is InChI=1S/C20H8F7N3/c1-8(2)9-3-4-10(12(6-29)11(9)5-28)13(7-30)14-16(21)18(23)15(20(25,26)27)19(24)17(14)22/h3-4H,1-2H3/b13-10-. The molecule has 0 radical (unpaired) electrons. The number of nitriles is 3. The first-order valence-electron chi connectivity index (χ1n) is 7.90. The van der Waals surface area contributed by atoms with Crippen LogP contribution in [0.15, 0.2) is 12.1 Å². The van der Waals surface area contributed by atoms with Crippen molar-refractivity contribution in [2.45, 2.75) is 20.0 Å². The zero-order valence-corrected chi connectivity index (χ0v) is 15.1. The van der Waals surface area contributed by atoms with Crippen LogP contribution in [0.4, 0.5) is 30.7 Å². The number of nitrogens with zero attached hydrogens (tertiary/aromatic N) is 3. The molecule has 0 aromatic heterocycles. The molecule has 0 fully saturated rings. The summed E-state index contributed by atoms with van der Waals surface area (Å²) in [4.78, 5) is 0. The van der Waals surface area contributed by atoms with E-state index >= 15 is 0 Å². The third-order valence-electron chi connectivity index (χ3n) is 4.15. The largest absolute Gasteiger partial charge is 0.422 e. The Hall–Kier alpha value is -3.84. The SMILES string of the molecule is CC(C)=c1cc/c(=C(\C#N)c2c(F)c(F)c(C(F)(F)F)c(F)c2F)c(C#N)c1C#N. The average molecular weight is 423 g/mol. The molecule has 3 nitrogen and oxygen atoms in total. The van der Waals surface area contributed by atoms with Gasteiger partial charge in [-0.1, -0.05) is 17.7 Å². The molecule has 10 heteroatoms. The summed E-state index contributed by atoms with van der Waals surface area (Å²) in [6.07, 6.45) is -5.75. The lowest BCUT2D eigenvalue weighted by atomic mass is 9.94. The minimum atomic E-state index is -5.75. The number of benzene rings is 2. The zero-order chi connectivity index (χ0) is 23.0. The monoisotopic (exact) mass is 423 g/mol. The third-order valence-corrected chi connectivity index (χ3v) is 4.15. The maximum absolute atomic E-state index is 14.4. The van der Waals surface area contributed by atoms with Crippen LogP contribution in [0.25, 0.3) is 11.1 Å². The molecule has 30 heavy (non-hydrogen) atoms. The Bertz CT molecular complexity index is 1280. The Kier molecular flexibility index (Phi) is 5.90. The zero-order valence-electron chi connectivity index (χ0n) is 15.1. The van der Waals surface area contributed by atoms with Crippen molar-refractivity contribution in [3.05, 3.63) is 68.1 Å². The van der Waals surface area contributed by atoms with Gasteiger partial charge in [-0.3, -0.25) is 0 Å². The van der Waals surface area contributed by atoms with Crippen molar-refractivity contribution in [2.24, 2.45) is 0 Å². The first-order chi connectivity index (χ1) is 13.9. The Balaban J connectivity index is 3.20. The van der Waals surface area contributed by atoms with Crippen LogP contribution in [0.1, 0.15) is 36.1 Å². The minimum Gasteiger partial charge on any atom is -0.203 e. The van der Waals surface area contributed by atoms with Gasteiger partial charge in [0.25, 0.3) is 0 Å². The average Bonchev–Trinajstić information content (AvgIpc) is 2.67. The van der Waals surface area contributed by atoms with E-state index in [4.69, 9.17) is 0 Å². The fourth-order valence-corrected chi connectivity index (χ4v) is 2.81. The van der Waals surface area contributed by atoms with E-state index in [1.165, 1.54) is 12.1 Å². The first-order valence-corrected chi connectivity index (χ1v) is 7.90. The van der Waals surface area contributed by atoms with Gasteiger partial charge in [0.15, 0.2) is 23.3 Å². The van der Waals surface area contributed by atoms with Gasteiger partial charge in [0.1, 0.15) is 23.8 Å². The first kappa shape index (κ1) is 22.4. The molecule has 0 saturated heterocycles. The van der Waals surface area contributed by atoms with Gasteiger partial charge in [-0.05, 0) is 19.1 Å². The van der Waals surface area contributed by atoms with Crippen LogP contribution in [0.2, 0.25) is 0 Å². The van der Waals surface area contributed by atoms with Crippen molar-refractivity contribution in [1.29, 1.82) is 15.8 Å². The Labute approximate surface area is 164 Å². The number of hydrogen-bond donors (Lipinski definition) is 0. The van der Waals surface area contributed by atoms with Crippen LogP contribution >= 0.6 is 0 Å². The molecule has 0 heterocycles. The van der Waals surface area contributed by atoms with Gasteiger partial charge in [-0.25, -0.2) is 17.6 Å². The second kappa shape index (κ2) is 7.88. The van der Waals surface area contributed by atoms with Crippen LogP contribution in [0, 0.1) is 57.3 Å². The molecule has 2 aromatic carbocycles. The molecule has 0 aliphatic carbocycles. The van der Waals surface area contributed by atoms with Crippen LogP contribution in [0.5, 0.6) is 0 Å². The highest BCUT2D eigenvalue weighted by Crippen LogP contribution is 2.38. The van der Waals surface area contributed by atoms with Crippen molar-refractivity contribution >= 4 is 11.1 Å². The lowest BCUT2D eigenvalue weighted by Gasteiger charge is -2.14. The van der Waals surface area contributed by atoms with Gasteiger partial charge < -0.3 is 0 Å². The highest BCUT2D eigenvalue weighted by Gasteiger charge is 2.42. The summed E-state index contributed by atoms with van der Waals surface area (Å²) >= 11 is 0. The van der Waals surface area contributed by atoms with Gasteiger partial charge in [-0.15, -0.1) is 0 Å². The summed E-state index contributed by atoms with van der Waals surface area (Å²) in [7, 11) is 0. The summed E-state index contributed by atoms with van der Waals surface area (Å²) < 4.78 is 95.0. The number of halogens is 7. The molecular weight excluding hydrogens is 415 g/mol. The van der Waals surface area contributed by atoms with E-state index in [0.29, 0.717) is 5.57 Å². The number of hydrogen-bond acceptors (Lipinski definition) is 3. The molecule has 0 aliphatic rings. The van der Waals surface area contributed by atoms with Gasteiger partial charge >= 0.3 is 6.18 Å². The van der Waals surface area contributed by atoms with Gasteiger partial charge in [0.05, 0.1) is 22.3 Å². The van der Waals surface area contributed by atoms with Crippen molar-refractivity contribution in [3.63, 3.8) is 0 Å². The molecular formula is C20H8F7N3. The van der Waals surface area contributed by atoms with E-state index in [-0.39, 0.29) is 10.8 Å². The lowest BCUT2D eigenvalue weighted by molar-refractivity contribution is -0.143. The van der Waals surface area contributed by atoms with Crippen molar-refractivity contribution in [1.82, 2.24) is 0 Å². The predicted molar refractivity (Wildman–Crippen MR) is 89.3 cm³/mol. The van der Waals surface area contributed by atoms with E-state index in [0.717, 1.165) is 6.07 Å². The number of rotatable bonds is 1. The maximum atomic E-state index is 14.4. The summed E-state index contributed by atoms with van der Waals surface area (Å²) in [5.74, 6) is -10.4. The van der Waals surface area contributed by atoms with Crippen LogP contribution in [0.3, 0.4) is 0 Å². The topological polar surface area (TPSA) is 71.4 Å². The predicted octanol–water partition coefficient (Wildman–Crippen LogP) is 3.92. The molecule has 0 spiro atoms. The van der Waals surface area contributed by atoms with Crippen molar-refractivity contribution in [2.75, 3.05) is 0 Å². The fraction of sp³-hybridized carbons (Fsp3) is 0.150. The van der Waals surface area contributed by atoms with E-state index < -0.39 is 56.9 Å². The fourth-order valence-electron chi connectivity index (χ4n) is 2.81. The van der Waals surface area contributed by atoms with E-state index in [1.807, 2.05) is 0 Å². The van der Waals surface area contributed by atoms with Gasteiger partial charge in [0, 0.05) is 5.22 Å². The van der Waals surface area contributed by atoms with Crippen molar-refractivity contribution in [3.8, 4) is 18.2 Å². The molecule has 0 bridgehead atoms. The van der Waals surface area contributed by atoms with E-state index in [1.54, 1.807) is 26.0 Å².